The monoisotopic (exact) mass is 518 g/mol. The Kier molecular flexibility index (Phi) is 7.50. The molecule has 0 unspecified atom stereocenters. The quantitative estimate of drug-likeness (QED) is 0.185. The Morgan fingerprint density at radius 1 is 0.838 bits per heavy atom. The number of hydrogen-bond donors (Lipinski definition) is 0. The van der Waals surface area contributed by atoms with Crippen LogP contribution in [0.4, 0.5) is 0 Å². The number of ether oxygens (including phenoxy) is 3. The molecule has 0 aliphatic rings. The van der Waals surface area contributed by atoms with Crippen molar-refractivity contribution < 1.29 is 33.0 Å². The van der Waals surface area contributed by atoms with Crippen LogP contribution >= 0.6 is 11.6 Å². The van der Waals surface area contributed by atoms with Crippen LogP contribution < -0.4 is 19.6 Å². The van der Waals surface area contributed by atoms with Crippen molar-refractivity contribution in [3.8, 4) is 28.6 Å². The number of carbonyl (C=O) groups excluding carboxylic acids is 3. The van der Waals surface area contributed by atoms with E-state index in [2.05, 4.69) is 0 Å². The van der Waals surface area contributed by atoms with Crippen LogP contribution in [0.1, 0.15) is 19.4 Å². The second kappa shape index (κ2) is 10.9. The number of carbonyl (C=O) groups is 3. The number of esters is 3. The Morgan fingerprint density at radius 3 is 2.22 bits per heavy atom. The van der Waals surface area contributed by atoms with Crippen molar-refractivity contribution in [2.75, 3.05) is 0 Å². The van der Waals surface area contributed by atoms with Gasteiger partial charge in [-0.2, -0.15) is 0 Å². The molecule has 9 heteroatoms. The molecule has 0 atom stereocenters. The molecule has 186 valence electrons. The molecule has 0 amide bonds. The van der Waals surface area contributed by atoms with Crippen molar-refractivity contribution in [3.63, 3.8) is 0 Å². The van der Waals surface area contributed by atoms with Crippen molar-refractivity contribution in [2.24, 2.45) is 0 Å². The van der Waals surface area contributed by atoms with Gasteiger partial charge in [-0.05, 0) is 60.2 Å². The van der Waals surface area contributed by atoms with E-state index in [1.54, 1.807) is 54.6 Å². The summed E-state index contributed by atoms with van der Waals surface area (Å²) in [6, 6.07) is 17.5. The zero-order chi connectivity index (χ0) is 26.5. The van der Waals surface area contributed by atoms with Crippen LogP contribution in [0, 0.1) is 0 Å². The summed E-state index contributed by atoms with van der Waals surface area (Å²) in [5, 5.41) is 0.736. The van der Waals surface area contributed by atoms with Gasteiger partial charge in [-0.1, -0.05) is 29.8 Å². The topological polar surface area (TPSA) is 109 Å². The molecule has 3 aromatic carbocycles. The van der Waals surface area contributed by atoms with Gasteiger partial charge in [-0.3, -0.25) is 14.4 Å². The molecule has 37 heavy (non-hydrogen) atoms. The van der Waals surface area contributed by atoms with Crippen LogP contribution in [0.2, 0.25) is 5.02 Å². The first-order valence-corrected chi connectivity index (χ1v) is 11.3. The van der Waals surface area contributed by atoms with Gasteiger partial charge in [0.05, 0.1) is 5.39 Å². The van der Waals surface area contributed by atoms with Gasteiger partial charge >= 0.3 is 17.9 Å². The summed E-state index contributed by atoms with van der Waals surface area (Å²) in [6.45, 7) is 2.41. The molecule has 1 aromatic heterocycles. The second-order valence-corrected chi connectivity index (χ2v) is 8.18. The molecule has 0 saturated carbocycles. The minimum Gasteiger partial charge on any atom is -0.452 e. The highest BCUT2D eigenvalue weighted by molar-refractivity contribution is 6.30. The van der Waals surface area contributed by atoms with Crippen molar-refractivity contribution in [2.45, 2.75) is 13.8 Å². The third-order valence-electron chi connectivity index (χ3n) is 4.95. The Labute approximate surface area is 215 Å². The van der Waals surface area contributed by atoms with Crippen molar-refractivity contribution in [1.29, 1.82) is 0 Å². The van der Waals surface area contributed by atoms with E-state index >= 15 is 0 Å². The third kappa shape index (κ3) is 6.12. The van der Waals surface area contributed by atoms with Crippen LogP contribution in [-0.4, -0.2) is 17.9 Å². The van der Waals surface area contributed by atoms with E-state index in [-0.39, 0.29) is 28.4 Å². The summed E-state index contributed by atoms with van der Waals surface area (Å²) < 4.78 is 21.5. The fraction of sp³-hybridized carbons (Fsp3) is 0.0714. The zero-order valence-electron chi connectivity index (χ0n) is 19.6. The first-order chi connectivity index (χ1) is 17.7. The summed E-state index contributed by atoms with van der Waals surface area (Å²) in [5.74, 6) is -2.22. The van der Waals surface area contributed by atoms with Crippen LogP contribution in [0.5, 0.6) is 17.2 Å². The Bertz CT molecular complexity index is 1600. The number of rotatable bonds is 6. The predicted octanol–water partition coefficient (Wildman–Crippen LogP) is 5.58. The summed E-state index contributed by atoms with van der Waals surface area (Å²) >= 11 is 5.98. The summed E-state index contributed by atoms with van der Waals surface area (Å²) in [5.41, 5.74) is 0.744. The molecule has 4 aromatic rings. The molecule has 4 rings (SSSR count). The molecule has 8 nitrogen and oxygen atoms in total. The average molecular weight is 519 g/mol. The molecular formula is C28H19ClO8. The SMILES string of the molecule is CC(=O)Oc1ccc(/C=C/C(=O)Oc2c(-c3ccc(Cl)cc3)oc3ccccc3c2=O)cc1OC(C)=O. The lowest BCUT2D eigenvalue weighted by Crippen LogP contribution is -2.14. The molecule has 0 radical (unpaired) electrons. The lowest BCUT2D eigenvalue weighted by molar-refractivity contribution is -0.134. The summed E-state index contributed by atoms with van der Waals surface area (Å²) in [6.07, 6.45) is 2.48. The number of halogens is 1. The van der Waals surface area contributed by atoms with E-state index in [4.69, 9.17) is 30.2 Å². The molecular weight excluding hydrogens is 500 g/mol. The molecule has 0 aliphatic heterocycles. The van der Waals surface area contributed by atoms with Gasteiger partial charge in [0.1, 0.15) is 5.58 Å². The van der Waals surface area contributed by atoms with Gasteiger partial charge in [-0.15, -0.1) is 0 Å². The summed E-state index contributed by atoms with van der Waals surface area (Å²) in [7, 11) is 0. The normalized spacial score (nSPS) is 10.9. The van der Waals surface area contributed by atoms with Crippen LogP contribution in [-0.2, 0) is 14.4 Å². The molecule has 0 saturated heterocycles. The van der Waals surface area contributed by atoms with Gasteiger partial charge in [0.25, 0.3) is 0 Å². The highest BCUT2D eigenvalue weighted by atomic mass is 35.5. The smallest absolute Gasteiger partial charge is 0.336 e. The predicted molar refractivity (Wildman–Crippen MR) is 137 cm³/mol. The maximum Gasteiger partial charge on any atom is 0.336 e. The highest BCUT2D eigenvalue weighted by Gasteiger charge is 2.20. The number of benzene rings is 3. The van der Waals surface area contributed by atoms with Gasteiger partial charge in [0.2, 0.25) is 11.2 Å². The minimum absolute atomic E-state index is 0.00147. The van der Waals surface area contributed by atoms with E-state index in [0.29, 0.717) is 21.7 Å². The van der Waals surface area contributed by atoms with E-state index in [1.165, 1.54) is 32.1 Å². The largest absolute Gasteiger partial charge is 0.452 e. The van der Waals surface area contributed by atoms with E-state index in [9.17, 15) is 19.2 Å². The first-order valence-electron chi connectivity index (χ1n) is 10.9. The number of para-hydroxylation sites is 1. The van der Waals surface area contributed by atoms with Crippen LogP contribution in [0.3, 0.4) is 0 Å². The third-order valence-corrected chi connectivity index (χ3v) is 5.20. The molecule has 0 fully saturated rings. The lowest BCUT2D eigenvalue weighted by Gasteiger charge is -2.10. The Balaban J connectivity index is 1.67. The Hall–Kier alpha value is -4.69. The molecule has 0 bridgehead atoms. The number of fused-ring (bicyclic) bond motifs is 1. The zero-order valence-corrected chi connectivity index (χ0v) is 20.4. The first kappa shape index (κ1) is 25.4. The maximum absolute atomic E-state index is 13.2. The highest BCUT2D eigenvalue weighted by Crippen LogP contribution is 2.32. The van der Waals surface area contributed by atoms with Crippen molar-refractivity contribution in [3.05, 3.63) is 93.6 Å². The van der Waals surface area contributed by atoms with E-state index < -0.39 is 23.3 Å². The van der Waals surface area contributed by atoms with Crippen LogP contribution in [0.25, 0.3) is 28.4 Å². The fourth-order valence-corrected chi connectivity index (χ4v) is 3.54. The van der Waals surface area contributed by atoms with Gasteiger partial charge in [-0.25, -0.2) is 4.79 Å². The van der Waals surface area contributed by atoms with Gasteiger partial charge in [0.15, 0.2) is 17.3 Å². The molecule has 0 aliphatic carbocycles. The Morgan fingerprint density at radius 2 is 1.51 bits per heavy atom. The van der Waals surface area contributed by atoms with Crippen LogP contribution in [0.15, 0.2) is 82.0 Å². The van der Waals surface area contributed by atoms with Gasteiger partial charge in [0, 0.05) is 30.5 Å². The standard InChI is InChI=1S/C28H19ClO8/c1-16(30)34-23-13-7-18(15-24(23)35-17(2)31)8-14-25(32)37-28-26(33)21-5-3-4-6-22(21)36-27(28)19-9-11-20(29)12-10-19/h3-15H,1-2H3/b14-8+. The summed E-state index contributed by atoms with van der Waals surface area (Å²) in [4.78, 5) is 48.6. The van der Waals surface area contributed by atoms with Crippen molar-refractivity contribution in [1.82, 2.24) is 0 Å². The fourth-order valence-electron chi connectivity index (χ4n) is 3.41. The lowest BCUT2D eigenvalue weighted by atomic mass is 10.1. The van der Waals surface area contributed by atoms with Crippen molar-refractivity contribution >= 4 is 46.6 Å². The minimum atomic E-state index is -0.851. The molecule has 1 heterocycles. The number of hydrogen-bond acceptors (Lipinski definition) is 8. The molecule has 0 N–H and O–H groups in total. The maximum atomic E-state index is 13.2. The second-order valence-electron chi connectivity index (χ2n) is 7.74. The van der Waals surface area contributed by atoms with E-state index in [1.807, 2.05) is 0 Å². The van der Waals surface area contributed by atoms with E-state index in [0.717, 1.165) is 6.08 Å². The average Bonchev–Trinajstić information content (AvgIpc) is 2.86. The van der Waals surface area contributed by atoms with Gasteiger partial charge < -0.3 is 18.6 Å². The molecule has 0 spiro atoms.